The summed E-state index contributed by atoms with van der Waals surface area (Å²) in [6.45, 7) is 3.65. The fourth-order valence-corrected chi connectivity index (χ4v) is 4.03. The Morgan fingerprint density at radius 3 is 2.72 bits per heavy atom. The average Bonchev–Trinajstić information content (AvgIpc) is 3.41. The van der Waals surface area contributed by atoms with Crippen molar-refractivity contribution in [1.82, 2.24) is 19.4 Å². The topological polar surface area (TPSA) is 83.6 Å². The highest BCUT2D eigenvalue weighted by molar-refractivity contribution is 5.98. The Morgan fingerprint density at radius 2 is 1.88 bits per heavy atom. The summed E-state index contributed by atoms with van der Waals surface area (Å²) in [4.78, 5) is 33.6. The van der Waals surface area contributed by atoms with E-state index in [1.165, 1.54) is 0 Å². The summed E-state index contributed by atoms with van der Waals surface area (Å²) in [5.74, 6) is 0.159. The molecule has 5 rings (SSSR count). The molecule has 8 heteroatoms. The van der Waals surface area contributed by atoms with E-state index in [1.54, 1.807) is 24.5 Å². The molecule has 0 aliphatic carbocycles. The van der Waals surface area contributed by atoms with Crippen LogP contribution in [0.25, 0.3) is 22.0 Å². The van der Waals surface area contributed by atoms with Crippen LogP contribution < -0.4 is 5.32 Å². The molecule has 0 spiro atoms. The van der Waals surface area contributed by atoms with Crippen LogP contribution in [0.15, 0.2) is 59.3 Å². The maximum Gasteiger partial charge on any atom is 0.289 e. The number of fused-ring (bicyclic) bond motifs is 2. The van der Waals surface area contributed by atoms with Crippen molar-refractivity contribution < 1.29 is 14.0 Å². The van der Waals surface area contributed by atoms with Crippen molar-refractivity contribution in [2.24, 2.45) is 0 Å². The number of nitrogens with one attached hydrogen (secondary N) is 1. The van der Waals surface area contributed by atoms with Crippen molar-refractivity contribution in [3.63, 3.8) is 0 Å². The van der Waals surface area contributed by atoms with E-state index in [2.05, 4.69) is 22.2 Å². The summed E-state index contributed by atoms with van der Waals surface area (Å²) in [5, 5.41) is 3.73. The van der Waals surface area contributed by atoms with Crippen LogP contribution in [0.1, 0.15) is 17.0 Å². The third-order valence-electron chi connectivity index (χ3n) is 5.91. The molecule has 0 radical (unpaired) electrons. The minimum absolute atomic E-state index is 0.0839. The number of aromatic nitrogens is 2. The first-order valence-corrected chi connectivity index (χ1v) is 10.8. The third-order valence-corrected chi connectivity index (χ3v) is 5.91. The number of carbonyl (C=O) groups is 2. The maximum absolute atomic E-state index is 12.8. The lowest BCUT2D eigenvalue weighted by Gasteiger charge is -2.31. The van der Waals surface area contributed by atoms with Crippen molar-refractivity contribution in [3.05, 3.63) is 60.6 Å². The fraction of sp³-hybridized carbons (Fsp3) is 0.292. The standard InChI is InChI=1S/C24H25N5O3/c1-27-10-12-28(13-11-27)24(31)22-15-17-14-18(6-7-21(17)32-22)26-23(30)8-9-29-16-25-19-4-2-3-5-20(19)29/h2-7,14-16H,8-13H2,1H3,(H,26,30). The van der Waals surface area contributed by atoms with Gasteiger partial charge in [0, 0.05) is 50.2 Å². The molecule has 4 aromatic rings. The van der Waals surface area contributed by atoms with Gasteiger partial charge in [-0.1, -0.05) is 12.1 Å². The van der Waals surface area contributed by atoms with Gasteiger partial charge in [-0.2, -0.15) is 0 Å². The van der Waals surface area contributed by atoms with E-state index in [0.29, 0.717) is 43.1 Å². The number of para-hydroxylation sites is 2. The summed E-state index contributed by atoms with van der Waals surface area (Å²) < 4.78 is 7.76. The van der Waals surface area contributed by atoms with E-state index in [0.717, 1.165) is 29.5 Å². The summed E-state index contributed by atoms with van der Waals surface area (Å²) in [6, 6.07) is 15.0. The van der Waals surface area contributed by atoms with Gasteiger partial charge in [0.05, 0.1) is 17.4 Å². The molecule has 2 aromatic heterocycles. The number of hydrogen-bond acceptors (Lipinski definition) is 5. The maximum atomic E-state index is 12.8. The van der Waals surface area contributed by atoms with Crippen LogP contribution in [0.4, 0.5) is 5.69 Å². The van der Waals surface area contributed by atoms with Gasteiger partial charge in [-0.05, 0) is 43.4 Å². The first kappa shape index (κ1) is 20.3. The van der Waals surface area contributed by atoms with E-state index in [1.807, 2.05) is 39.8 Å². The van der Waals surface area contributed by atoms with Gasteiger partial charge in [0.1, 0.15) is 5.58 Å². The molecule has 1 aliphatic rings. The van der Waals surface area contributed by atoms with Crippen molar-refractivity contribution in [1.29, 1.82) is 0 Å². The number of carbonyl (C=O) groups excluding carboxylic acids is 2. The average molecular weight is 431 g/mol. The first-order valence-electron chi connectivity index (χ1n) is 10.8. The van der Waals surface area contributed by atoms with Gasteiger partial charge in [-0.3, -0.25) is 9.59 Å². The lowest BCUT2D eigenvalue weighted by Crippen LogP contribution is -2.47. The zero-order valence-corrected chi connectivity index (χ0v) is 18.0. The highest BCUT2D eigenvalue weighted by atomic mass is 16.3. The number of hydrogen-bond donors (Lipinski definition) is 1. The van der Waals surface area contributed by atoms with Gasteiger partial charge in [-0.25, -0.2) is 4.98 Å². The van der Waals surface area contributed by atoms with Gasteiger partial charge in [0.25, 0.3) is 5.91 Å². The fourth-order valence-electron chi connectivity index (χ4n) is 4.03. The number of aryl methyl sites for hydroxylation is 1. The molecule has 0 saturated carbocycles. The Hall–Kier alpha value is -3.65. The van der Waals surface area contributed by atoms with Crippen LogP contribution in [0.3, 0.4) is 0 Å². The molecule has 3 heterocycles. The normalized spacial score (nSPS) is 14.8. The number of nitrogens with zero attached hydrogens (tertiary/aromatic N) is 4. The molecule has 1 N–H and O–H groups in total. The summed E-state index contributed by atoms with van der Waals surface area (Å²) in [5.41, 5.74) is 3.24. The second kappa shape index (κ2) is 8.47. The molecule has 1 saturated heterocycles. The predicted octanol–water partition coefficient (Wildman–Crippen LogP) is 3.20. The van der Waals surface area contributed by atoms with Crippen molar-refractivity contribution >= 4 is 39.5 Å². The highest BCUT2D eigenvalue weighted by Crippen LogP contribution is 2.24. The minimum Gasteiger partial charge on any atom is -0.451 e. The van der Waals surface area contributed by atoms with E-state index in [4.69, 9.17) is 4.42 Å². The van der Waals surface area contributed by atoms with Gasteiger partial charge in [0.15, 0.2) is 5.76 Å². The molecule has 32 heavy (non-hydrogen) atoms. The molecule has 2 aromatic carbocycles. The van der Waals surface area contributed by atoms with E-state index >= 15 is 0 Å². The SMILES string of the molecule is CN1CCN(C(=O)c2cc3cc(NC(=O)CCn4cnc5ccccc54)ccc3o2)CC1. The molecular weight excluding hydrogens is 406 g/mol. The molecule has 8 nitrogen and oxygen atoms in total. The number of piperazine rings is 1. The quantitative estimate of drug-likeness (QED) is 0.525. The summed E-state index contributed by atoms with van der Waals surface area (Å²) in [6.07, 6.45) is 2.09. The summed E-state index contributed by atoms with van der Waals surface area (Å²) in [7, 11) is 2.05. The monoisotopic (exact) mass is 431 g/mol. The van der Waals surface area contributed by atoms with Crippen LogP contribution in [-0.2, 0) is 11.3 Å². The summed E-state index contributed by atoms with van der Waals surface area (Å²) >= 11 is 0. The van der Waals surface area contributed by atoms with Crippen LogP contribution in [0.2, 0.25) is 0 Å². The van der Waals surface area contributed by atoms with E-state index < -0.39 is 0 Å². The Balaban J connectivity index is 1.23. The van der Waals surface area contributed by atoms with Crippen molar-refractivity contribution in [2.75, 3.05) is 38.5 Å². The Morgan fingerprint density at radius 1 is 1.06 bits per heavy atom. The van der Waals surface area contributed by atoms with Crippen LogP contribution >= 0.6 is 0 Å². The van der Waals surface area contributed by atoms with Gasteiger partial charge in [0.2, 0.25) is 5.91 Å². The molecule has 0 atom stereocenters. The largest absolute Gasteiger partial charge is 0.451 e. The van der Waals surface area contributed by atoms with E-state index in [-0.39, 0.29) is 11.8 Å². The number of benzene rings is 2. The number of likely N-dealkylation sites (N-methyl/N-ethyl adjacent to an activating group) is 1. The molecule has 2 amide bonds. The zero-order valence-electron chi connectivity index (χ0n) is 18.0. The van der Waals surface area contributed by atoms with Crippen LogP contribution in [-0.4, -0.2) is 64.4 Å². The molecule has 164 valence electrons. The van der Waals surface area contributed by atoms with Crippen molar-refractivity contribution in [2.45, 2.75) is 13.0 Å². The molecule has 1 aliphatic heterocycles. The van der Waals surface area contributed by atoms with Crippen molar-refractivity contribution in [3.8, 4) is 0 Å². The first-order chi connectivity index (χ1) is 15.6. The lowest BCUT2D eigenvalue weighted by atomic mass is 10.2. The molecule has 0 unspecified atom stereocenters. The number of furan rings is 1. The minimum atomic E-state index is -0.0903. The van der Waals surface area contributed by atoms with E-state index in [9.17, 15) is 9.59 Å². The Labute approximate surface area is 185 Å². The molecular formula is C24H25N5O3. The second-order valence-electron chi connectivity index (χ2n) is 8.18. The van der Waals surface area contributed by atoms with Gasteiger partial charge in [-0.15, -0.1) is 0 Å². The molecule has 0 bridgehead atoms. The van der Waals surface area contributed by atoms with Gasteiger partial charge < -0.3 is 24.1 Å². The number of imidazole rings is 1. The second-order valence-corrected chi connectivity index (χ2v) is 8.18. The molecule has 1 fully saturated rings. The number of amides is 2. The lowest BCUT2D eigenvalue weighted by molar-refractivity contribution is -0.116. The van der Waals surface area contributed by atoms with Crippen LogP contribution in [0, 0.1) is 0 Å². The predicted molar refractivity (Wildman–Crippen MR) is 123 cm³/mol. The number of rotatable bonds is 5. The Kier molecular flexibility index (Phi) is 5.36. The number of anilines is 1. The van der Waals surface area contributed by atoms with Crippen LogP contribution in [0.5, 0.6) is 0 Å². The Bertz CT molecular complexity index is 1280. The zero-order chi connectivity index (χ0) is 22.1. The van der Waals surface area contributed by atoms with Gasteiger partial charge >= 0.3 is 0 Å². The smallest absolute Gasteiger partial charge is 0.289 e. The third kappa shape index (κ3) is 4.09. The highest BCUT2D eigenvalue weighted by Gasteiger charge is 2.23.